The summed E-state index contributed by atoms with van der Waals surface area (Å²) in [6.07, 6.45) is 10.6. The highest BCUT2D eigenvalue weighted by molar-refractivity contribution is 5.53. The van der Waals surface area contributed by atoms with Crippen LogP contribution in [0.2, 0.25) is 0 Å². The predicted octanol–water partition coefficient (Wildman–Crippen LogP) is 6.13. The molecule has 0 saturated heterocycles. The van der Waals surface area contributed by atoms with Crippen LogP contribution in [-0.4, -0.2) is 10.7 Å². The largest absolute Gasteiger partial charge is 0.507 e. The van der Waals surface area contributed by atoms with Crippen LogP contribution in [0, 0.1) is 5.92 Å². The van der Waals surface area contributed by atoms with Crippen LogP contribution in [-0.2, 0) is 6.42 Å². The Bertz CT molecular complexity index is 627. The maximum absolute atomic E-state index is 10.7. The summed E-state index contributed by atoms with van der Waals surface area (Å²) in [5.41, 5.74) is 3.47. The summed E-state index contributed by atoms with van der Waals surface area (Å²) in [5.74, 6) is 2.05. The van der Waals surface area contributed by atoms with Crippen LogP contribution in [0.25, 0.3) is 0 Å². The zero-order chi connectivity index (χ0) is 17.3. The minimum atomic E-state index is -0.178. The first-order valence-corrected chi connectivity index (χ1v) is 9.64. The van der Waals surface area contributed by atoms with Crippen LogP contribution in [0.1, 0.15) is 83.3 Å². The second kappa shape index (κ2) is 6.82. The number of allylic oxidation sites excluding steroid dienone is 2. The van der Waals surface area contributed by atoms with Gasteiger partial charge in [0.05, 0.1) is 0 Å². The maximum Gasteiger partial charge on any atom is 0.127 e. The van der Waals surface area contributed by atoms with E-state index in [2.05, 4.69) is 39.8 Å². The Kier molecular flexibility index (Phi) is 4.94. The molecule has 1 aromatic carbocycles. The molecule has 1 aliphatic heterocycles. The minimum Gasteiger partial charge on any atom is -0.507 e. The zero-order valence-electron chi connectivity index (χ0n) is 15.7. The molecule has 24 heavy (non-hydrogen) atoms. The summed E-state index contributed by atoms with van der Waals surface area (Å²) in [6.45, 7) is 8.84. The quantitative estimate of drug-likeness (QED) is 0.520. The van der Waals surface area contributed by atoms with Crippen LogP contribution in [0.5, 0.6) is 11.5 Å². The molecular weight excluding hydrogens is 296 g/mol. The normalized spacial score (nSPS) is 24.6. The summed E-state index contributed by atoms with van der Waals surface area (Å²) in [5, 5.41) is 10.7. The van der Waals surface area contributed by atoms with E-state index < -0.39 is 0 Å². The second-order valence-corrected chi connectivity index (χ2v) is 8.23. The van der Waals surface area contributed by atoms with Crippen LogP contribution in [0.4, 0.5) is 0 Å². The molecule has 0 fully saturated rings. The molecule has 2 nitrogen and oxygen atoms in total. The first-order chi connectivity index (χ1) is 11.4. The van der Waals surface area contributed by atoms with Gasteiger partial charge in [-0.25, -0.2) is 0 Å². The lowest BCUT2D eigenvalue weighted by atomic mass is 9.68. The van der Waals surface area contributed by atoms with E-state index in [0.29, 0.717) is 11.7 Å². The number of rotatable bonds is 5. The molecule has 0 saturated carbocycles. The van der Waals surface area contributed by atoms with Gasteiger partial charge in [-0.2, -0.15) is 0 Å². The lowest BCUT2D eigenvalue weighted by Crippen LogP contribution is -2.45. The third-order valence-corrected chi connectivity index (χ3v) is 5.85. The molecular formula is C22H32O2. The van der Waals surface area contributed by atoms with Crippen LogP contribution in [0.15, 0.2) is 23.8 Å². The van der Waals surface area contributed by atoms with Gasteiger partial charge in [0, 0.05) is 17.4 Å². The second-order valence-electron chi connectivity index (χ2n) is 8.23. The highest BCUT2D eigenvalue weighted by atomic mass is 16.5. The van der Waals surface area contributed by atoms with E-state index in [1.807, 2.05) is 6.07 Å². The number of hydrogen-bond acceptors (Lipinski definition) is 2. The van der Waals surface area contributed by atoms with E-state index in [1.54, 1.807) is 0 Å². The van der Waals surface area contributed by atoms with Gasteiger partial charge < -0.3 is 9.84 Å². The molecule has 2 aliphatic rings. The monoisotopic (exact) mass is 328 g/mol. The first-order valence-electron chi connectivity index (χ1n) is 9.64. The molecule has 3 rings (SSSR count). The molecule has 0 amide bonds. The van der Waals surface area contributed by atoms with Crippen molar-refractivity contribution in [2.45, 2.75) is 84.2 Å². The van der Waals surface area contributed by atoms with Crippen molar-refractivity contribution in [1.82, 2.24) is 0 Å². The summed E-state index contributed by atoms with van der Waals surface area (Å²) in [6, 6.07) is 4.15. The molecule has 0 aromatic heterocycles. The number of phenols is 1. The lowest BCUT2D eigenvalue weighted by molar-refractivity contribution is 0.0107. The van der Waals surface area contributed by atoms with Gasteiger partial charge >= 0.3 is 0 Å². The SMILES string of the molecule is CCCCCCc1cc(O)c2c(c1)OC(C)(C)[C@@H]1CCC(C)=C[C@@H]21. The fraction of sp³-hybridized carbons (Fsp3) is 0.636. The summed E-state index contributed by atoms with van der Waals surface area (Å²) in [4.78, 5) is 0. The topological polar surface area (TPSA) is 29.5 Å². The van der Waals surface area contributed by atoms with Crippen molar-refractivity contribution in [2.75, 3.05) is 0 Å². The summed E-state index contributed by atoms with van der Waals surface area (Å²) >= 11 is 0. The third-order valence-electron chi connectivity index (χ3n) is 5.85. The van der Waals surface area contributed by atoms with Crippen molar-refractivity contribution in [3.05, 3.63) is 34.9 Å². The van der Waals surface area contributed by atoms with Gasteiger partial charge in [0.1, 0.15) is 17.1 Å². The van der Waals surface area contributed by atoms with Gasteiger partial charge in [-0.1, -0.05) is 37.8 Å². The van der Waals surface area contributed by atoms with Crippen molar-refractivity contribution >= 4 is 0 Å². The number of aromatic hydroxyl groups is 1. The molecule has 2 atom stereocenters. The molecule has 2 heteroatoms. The Morgan fingerprint density at radius 1 is 1.21 bits per heavy atom. The molecule has 0 unspecified atom stereocenters. The number of unbranched alkanes of at least 4 members (excludes halogenated alkanes) is 3. The number of fused-ring (bicyclic) bond motifs is 3. The van der Waals surface area contributed by atoms with Crippen molar-refractivity contribution in [2.24, 2.45) is 5.92 Å². The first kappa shape index (κ1) is 17.4. The van der Waals surface area contributed by atoms with E-state index in [4.69, 9.17) is 4.74 Å². The van der Waals surface area contributed by atoms with Crippen molar-refractivity contribution in [1.29, 1.82) is 0 Å². The smallest absolute Gasteiger partial charge is 0.127 e. The summed E-state index contributed by atoms with van der Waals surface area (Å²) < 4.78 is 6.38. The predicted molar refractivity (Wildman–Crippen MR) is 99.9 cm³/mol. The van der Waals surface area contributed by atoms with Gasteiger partial charge in [0.15, 0.2) is 0 Å². The van der Waals surface area contributed by atoms with Crippen molar-refractivity contribution < 1.29 is 9.84 Å². The molecule has 0 radical (unpaired) electrons. The number of aryl methyl sites for hydroxylation is 1. The molecule has 1 aliphatic carbocycles. The lowest BCUT2D eigenvalue weighted by Gasteiger charge is -2.46. The Morgan fingerprint density at radius 2 is 2.00 bits per heavy atom. The third kappa shape index (κ3) is 3.34. The average molecular weight is 328 g/mol. The standard InChI is InChI=1S/C22H32O2/c1-5-6-7-8-9-16-13-19(23)21-17-12-15(2)10-11-18(17)22(3,4)24-20(21)14-16/h12-14,17-18,23H,5-11H2,1-4H3/t17-,18-/m1/s1. The number of phenolic OH excluding ortho intramolecular Hbond substituents is 1. The summed E-state index contributed by atoms with van der Waals surface area (Å²) in [7, 11) is 0. The van der Waals surface area contributed by atoms with E-state index in [1.165, 1.54) is 36.8 Å². The molecule has 1 aromatic rings. The molecule has 0 spiro atoms. The average Bonchev–Trinajstić information content (AvgIpc) is 2.50. The molecule has 1 heterocycles. The van der Waals surface area contributed by atoms with Gasteiger partial charge in [0.25, 0.3) is 0 Å². The fourth-order valence-electron chi connectivity index (χ4n) is 4.48. The Labute approximate surface area is 146 Å². The molecule has 0 bridgehead atoms. The number of hydrogen-bond donors (Lipinski definition) is 1. The Morgan fingerprint density at radius 3 is 2.75 bits per heavy atom. The van der Waals surface area contributed by atoms with E-state index in [0.717, 1.165) is 30.6 Å². The van der Waals surface area contributed by atoms with E-state index in [-0.39, 0.29) is 11.5 Å². The molecule has 132 valence electrons. The maximum atomic E-state index is 10.7. The van der Waals surface area contributed by atoms with Crippen molar-refractivity contribution in [3.8, 4) is 11.5 Å². The van der Waals surface area contributed by atoms with Crippen LogP contribution >= 0.6 is 0 Å². The minimum absolute atomic E-state index is 0.178. The van der Waals surface area contributed by atoms with E-state index in [9.17, 15) is 5.11 Å². The number of benzene rings is 1. The number of ether oxygens (including phenoxy) is 1. The van der Waals surface area contributed by atoms with Gasteiger partial charge in [0.2, 0.25) is 0 Å². The Hall–Kier alpha value is -1.44. The van der Waals surface area contributed by atoms with Gasteiger partial charge in [-0.3, -0.25) is 0 Å². The highest BCUT2D eigenvalue weighted by Gasteiger charge is 2.45. The van der Waals surface area contributed by atoms with Crippen molar-refractivity contribution in [3.63, 3.8) is 0 Å². The van der Waals surface area contributed by atoms with Gasteiger partial charge in [-0.05, 0) is 64.2 Å². The van der Waals surface area contributed by atoms with Crippen LogP contribution in [0.3, 0.4) is 0 Å². The van der Waals surface area contributed by atoms with Gasteiger partial charge in [-0.15, -0.1) is 0 Å². The zero-order valence-corrected chi connectivity index (χ0v) is 15.7. The van der Waals surface area contributed by atoms with Crippen LogP contribution < -0.4 is 4.74 Å². The highest BCUT2D eigenvalue weighted by Crippen LogP contribution is 2.53. The van der Waals surface area contributed by atoms with E-state index >= 15 is 0 Å². The fourth-order valence-corrected chi connectivity index (χ4v) is 4.48. The Balaban J connectivity index is 1.91. The molecule has 1 N–H and O–H groups in total.